The van der Waals surface area contributed by atoms with Crippen LogP contribution in [0.15, 0.2) is 49.1 Å². The van der Waals surface area contributed by atoms with E-state index in [0.29, 0.717) is 34.6 Å². The van der Waals surface area contributed by atoms with Crippen LogP contribution in [0.4, 0.5) is 4.39 Å². The van der Waals surface area contributed by atoms with E-state index in [2.05, 4.69) is 10.3 Å². The number of hydrogen-bond donors (Lipinski definition) is 2. The van der Waals surface area contributed by atoms with E-state index in [1.54, 1.807) is 40.0 Å². The van der Waals surface area contributed by atoms with Gasteiger partial charge >= 0.3 is 0 Å². The molecule has 0 saturated carbocycles. The summed E-state index contributed by atoms with van der Waals surface area (Å²) >= 11 is 6.10. The first kappa shape index (κ1) is 23.2. The minimum Gasteiger partial charge on any atom is -0.350 e. The summed E-state index contributed by atoms with van der Waals surface area (Å²) < 4.78 is 15.9. The lowest BCUT2D eigenvalue weighted by molar-refractivity contribution is -0.124. The van der Waals surface area contributed by atoms with Gasteiger partial charge < -0.3 is 20.4 Å². The average Bonchev–Trinajstić information content (AvgIpc) is 3.26. The van der Waals surface area contributed by atoms with Gasteiger partial charge in [-0.15, -0.1) is 0 Å². The highest BCUT2D eigenvalue weighted by atomic mass is 35.5. The summed E-state index contributed by atoms with van der Waals surface area (Å²) in [6.07, 6.45) is 5.66. The fraction of sp³-hybridized carbons (Fsp3) is 0.375. The fourth-order valence-corrected chi connectivity index (χ4v) is 4.58. The van der Waals surface area contributed by atoms with E-state index in [9.17, 15) is 14.0 Å². The molecule has 0 bridgehead atoms. The number of rotatable bonds is 5. The molecule has 0 unspecified atom stereocenters. The molecule has 9 heteroatoms. The van der Waals surface area contributed by atoms with Gasteiger partial charge in [0.2, 0.25) is 5.91 Å². The molecule has 4 rings (SSSR count). The molecule has 1 aliphatic heterocycles. The van der Waals surface area contributed by atoms with Crippen molar-refractivity contribution in [2.75, 3.05) is 13.1 Å². The summed E-state index contributed by atoms with van der Waals surface area (Å²) in [6.45, 7) is 4.47. The number of nitrogens with zero attached hydrogens (tertiary/aromatic N) is 3. The SMILES string of the molecule is CC(C)[C@H](N)C(=O)N[C@@H]1CN(C(=O)c2cccn3cncc23)CC[C@H]1c1cc(F)cc(Cl)c1. The molecule has 1 aromatic carbocycles. The number of benzene rings is 1. The summed E-state index contributed by atoms with van der Waals surface area (Å²) in [6, 6.07) is 6.82. The maximum Gasteiger partial charge on any atom is 0.256 e. The fourth-order valence-electron chi connectivity index (χ4n) is 4.35. The predicted octanol–water partition coefficient (Wildman–Crippen LogP) is 3.22. The zero-order valence-corrected chi connectivity index (χ0v) is 19.3. The molecule has 0 aliphatic carbocycles. The van der Waals surface area contributed by atoms with Crippen LogP contribution in [-0.4, -0.2) is 51.3 Å². The molecule has 3 aromatic rings. The van der Waals surface area contributed by atoms with Crippen molar-refractivity contribution in [3.63, 3.8) is 0 Å². The summed E-state index contributed by atoms with van der Waals surface area (Å²) in [5.74, 6) is -1.14. The van der Waals surface area contributed by atoms with Crippen molar-refractivity contribution in [2.24, 2.45) is 11.7 Å². The Kier molecular flexibility index (Phi) is 6.67. The van der Waals surface area contributed by atoms with E-state index >= 15 is 0 Å². The van der Waals surface area contributed by atoms with Gasteiger partial charge in [-0.1, -0.05) is 25.4 Å². The second-order valence-corrected chi connectivity index (χ2v) is 9.28. The molecule has 1 saturated heterocycles. The highest BCUT2D eigenvalue weighted by Crippen LogP contribution is 2.32. The topological polar surface area (TPSA) is 92.7 Å². The Balaban J connectivity index is 1.62. The number of carbonyl (C=O) groups is 2. The Morgan fingerprint density at radius 3 is 2.82 bits per heavy atom. The number of aromatic nitrogens is 2. The number of nitrogens with two attached hydrogens (primary N) is 1. The molecule has 33 heavy (non-hydrogen) atoms. The zero-order chi connectivity index (χ0) is 23.7. The van der Waals surface area contributed by atoms with Crippen molar-refractivity contribution in [2.45, 2.75) is 38.3 Å². The molecule has 174 valence electrons. The minimum atomic E-state index is -0.687. The van der Waals surface area contributed by atoms with Crippen LogP contribution < -0.4 is 11.1 Å². The average molecular weight is 472 g/mol. The summed E-state index contributed by atoms with van der Waals surface area (Å²) in [5, 5.41) is 3.31. The van der Waals surface area contributed by atoms with Gasteiger partial charge in [-0.25, -0.2) is 9.37 Å². The van der Waals surface area contributed by atoms with Crippen LogP contribution in [0.3, 0.4) is 0 Å². The van der Waals surface area contributed by atoms with Gasteiger partial charge in [-0.2, -0.15) is 0 Å². The van der Waals surface area contributed by atoms with Crippen LogP contribution in [-0.2, 0) is 4.79 Å². The second-order valence-electron chi connectivity index (χ2n) is 8.84. The van der Waals surface area contributed by atoms with Gasteiger partial charge in [-0.3, -0.25) is 9.59 Å². The number of hydrogen-bond acceptors (Lipinski definition) is 4. The Morgan fingerprint density at radius 1 is 1.30 bits per heavy atom. The van der Waals surface area contributed by atoms with Crippen LogP contribution in [0.25, 0.3) is 5.52 Å². The van der Waals surface area contributed by atoms with E-state index in [4.69, 9.17) is 17.3 Å². The second kappa shape index (κ2) is 9.49. The van der Waals surface area contributed by atoms with E-state index in [1.807, 2.05) is 20.0 Å². The predicted molar refractivity (Wildman–Crippen MR) is 125 cm³/mol. The number of pyridine rings is 1. The third-order valence-electron chi connectivity index (χ3n) is 6.24. The molecule has 1 aliphatic rings. The maximum absolute atomic E-state index is 14.1. The van der Waals surface area contributed by atoms with Crippen LogP contribution in [0, 0.1) is 11.7 Å². The zero-order valence-electron chi connectivity index (χ0n) is 18.5. The van der Waals surface area contributed by atoms with E-state index in [1.165, 1.54) is 12.1 Å². The number of likely N-dealkylation sites (tertiary alicyclic amines) is 1. The van der Waals surface area contributed by atoms with Gasteiger partial charge in [0, 0.05) is 30.2 Å². The molecular formula is C24H27ClFN5O2. The maximum atomic E-state index is 14.1. The highest BCUT2D eigenvalue weighted by Gasteiger charge is 2.35. The first-order valence-corrected chi connectivity index (χ1v) is 11.3. The Hall–Kier alpha value is -2.97. The van der Waals surface area contributed by atoms with Crippen LogP contribution in [0.2, 0.25) is 5.02 Å². The molecule has 3 N–H and O–H groups in total. The molecule has 2 aromatic heterocycles. The molecule has 1 fully saturated rings. The molecule has 3 atom stereocenters. The van der Waals surface area contributed by atoms with Crippen molar-refractivity contribution in [1.29, 1.82) is 0 Å². The number of fused-ring (bicyclic) bond motifs is 1. The lowest BCUT2D eigenvalue weighted by atomic mass is 9.84. The lowest BCUT2D eigenvalue weighted by Gasteiger charge is -2.40. The standard InChI is InChI=1S/C24H27ClFN5O2/c1-14(2)22(27)23(32)29-20-12-30(7-5-18(20)15-8-16(25)10-17(26)9-15)24(33)19-4-3-6-31-13-28-11-21(19)31/h3-4,6,8-11,13-14,18,20,22H,5,7,12,27H2,1-2H3,(H,29,32)/t18-,20+,22-/m0/s1. The normalized spacial score (nSPS) is 19.6. The van der Waals surface area contributed by atoms with Gasteiger partial charge in [0.25, 0.3) is 5.91 Å². The first-order valence-electron chi connectivity index (χ1n) is 11.0. The van der Waals surface area contributed by atoms with E-state index in [-0.39, 0.29) is 30.2 Å². The number of piperidine rings is 1. The Labute approximate surface area is 196 Å². The number of imidazole rings is 1. The van der Waals surface area contributed by atoms with Crippen molar-refractivity contribution >= 4 is 28.9 Å². The van der Waals surface area contributed by atoms with E-state index in [0.717, 1.165) is 0 Å². The van der Waals surface area contributed by atoms with Gasteiger partial charge in [-0.05, 0) is 48.2 Å². The van der Waals surface area contributed by atoms with Crippen molar-refractivity contribution in [3.8, 4) is 0 Å². The number of nitrogens with one attached hydrogen (secondary N) is 1. The van der Waals surface area contributed by atoms with Crippen LogP contribution in [0.5, 0.6) is 0 Å². The van der Waals surface area contributed by atoms with E-state index < -0.39 is 17.9 Å². The molecule has 0 radical (unpaired) electrons. The monoisotopic (exact) mass is 471 g/mol. The largest absolute Gasteiger partial charge is 0.350 e. The Bertz CT molecular complexity index is 1160. The summed E-state index contributed by atoms with van der Waals surface area (Å²) in [4.78, 5) is 32.0. The van der Waals surface area contributed by atoms with Crippen molar-refractivity contribution < 1.29 is 14.0 Å². The minimum absolute atomic E-state index is 0.0483. The molecular weight excluding hydrogens is 445 g/mol. The highest BCUT2D eigenvalue weighted by molar-refractivity contribution is 6.30. The lowest BCUT2D eigenvalue weighted by Crippen LogP contribution is -2.56. The smallest absolute Gasteiger partial charge is 0.256 e. The summed E-state index contributed by atoms with van der Waals surface area (Å²) in [7, 11) is 0. The molecule has 0 spiro atoms. The van der Waals surface area contributed by atoms with Crippen molar-refractivity contribution in [3.05, 3.63) is 71.0 Å². The van der Waals surface area contributed by atoms with Crippen molar-refractivity contribution in [1.82, 2.24) is 19.6 Å². The van der Waals surface area contributed by atoms with Crippen LogP contribution >= 0.6 is 11.6 Å². The number of halogens is 2. The van der Waals surface area contributed by atoms with Gasteiger partial charge in [0.05, 0.1) is 35.7 Å². The third-order valence-corrected chi connectivity index (χ3v) is 6.46. The van der Waals surface area contributed by atoms with Gasteiger partial charge in [0.1, 0.15) is 5.82 Å². The first-order chi connectivity index (χ1) is 15.7. The number of amides is 2. The molecule has 2 amide bonds. The van der Waals surface area contributed by atoms with Crippen LogP contribution in [0.1, 0.15) is 42.1 Å². The quantitative estimate of drug-likeness (QED) is 0.597. The Morgan fingerprint density at radius 2 is 2.09 bits per heavy atom. The number of carbonyl (C=O) groups excluding carboxylic acids is 2. The summed E-state index contributed by atoms with van der Waals surface area (Å²) in [5.41, 5.74) is 8.00. The molecule has 7 nitrogen and oxygen atoms in total. The molecule has 3 heterocycles. The third kappa shape index (κ3) is 4.86. The van der Waals surface area contributed by atoms with Gasteiger partial charge in [0.15, 0.2) is 0 Å².